The van der Waals surface area contributed by atoms with Gasteiger partial charge in [-0.1, -0.05) is 58.1 Å². The monoisotopic (exact) mass is 212 g/mol. The molecule has 0 amide bonds. The van der Waals surface area contributed by atoms with Crippen molar-refractivity contribution in [2.75, 3.05) is 0 Å². The molecule has 0 aliphatic rings. The highest BCUT2D eigenvalue weighted by Gasteiger charge is 2.05. The second-order valence-electron chi connectivity index (χ2n) is 4.56. The minimum atomic E-state index is -0.148. The fourth-order valence-corrected chi connectivity index (χ4v) is 1.79. The number of hydrogen-bond acceptors (Lipinski definition) is 1. The van der Waals surface area contributed by atoms with E-state index < -0.39 is 0 Å². The molecule has 1 nitrogen and oxygen atoms in total. The van der Waals surface area contributed by atoms with E-state index in [0.717, 1.165) is 25.7 Å². The third-order valence-corrected chi connectivity index (χ3v) is 2.80. The van der Waals surface area contributed by atoms with Crippen LogP contribution in [-0.4, -0.2) is 11.2 Å². The molecule has 1 N–H and O–H groups in total. The second-order valence-corrected chi connectivity index (χ2v) is 4.56. The molecule has 0 fully saturated rings. The maximum atomic E-state index is 9.74. The highest BCUT2D eigenvalue weighted by atomic mass is 16.3. The van der Waals surface area contributed by atoms with Gasteiger partial charge in [-0.25, -0.2) is 0 Å². The molecule has 1 atom stereocenters. The molecule has 0 bridgehead atoms. The minimum absolute atomic E-state index is 0.148. The fraction of sp³-hybridized carbons (Fsp3) is 0.857. The maximum Gasteiger partial charge on any atom is 0.0577 e. The van der Waals surface area contributed by atoms with Crippen LogP contribution in [-0.2, 0) is 0 Å². The SMILES string of the molecule is C=C(CCCCC)C[C@@H](O)CCCCC. The van der Waals surface area contributed by atoms with Crippen LogP contribution >= 0.6 is 0 Å². The summed E-state index contributed by atoms with van der Waals surface area (Å²) in [5, 5.41) is 9.74. The van der Waals surface area contributed by atoms with Gasteiger partial charge >= 0.3 is 0 Å². The average Bonchev–Trinajstić information content (AvgIpc) is 2.18. The summed E-state index contributed by atoms with van der Waals surface area (Å²) in [6.45, 7) is 8.44. The Morgan fingerprint density at radius 3 is 2.27 bits per heavy atom. The Morgan fingerprint density at radius 2 is 1.67 bits per heavy atom. The van der Waals surface area contributed by atoms with Crippen LogP contribution in [0.25, 0.3) is 0 Å². The van der Waals surface area contributed by atoms with Crippen LogP contribution in [0.5, 0.6) is 0 Å². The van der Waals surface area contributed by atoms with Gasteiger partial charge in [0.15, 0.2) is 0 Å². The maximum absolute atomic E-state index is 9.74. The number of unbranched alkanes of at least 4 members (excludes halogenated alkanes) is 4. The molecule has 0 unspecified atom stereocenters. The zero-order valence-electron chi connectivity index (χ0n) is 10.6. The highest BCUT2D eigenvalue weighted by molar-refractivity contribution is 4.95. The zero-order valence-corrected chi connectivity index (χ0v) is 10.6. The van der Waals surface area contributed by atoms with Crippen molar-refractivity contribution in [1.82, 2.24) is 0 Å². The molecule has 0 aromatic rings. The lowest BCUT2D eigenvalue weighted by atomic mass is 10.00. The normalized spacial score (nSPS) is 12.7. The lowest BCUT2D eigenvalue weighted by molar-refractivity contribution is 0.160. The van der Waals surface area contributed by atoms with Crippen LogP contribution in [0.1, 0.15) is 71.6 Å². The first-order valence-electron chi connectivity index (χ1n) is 6.55. The van der Waals surface area contributed by atoms with Crippen LogP contribution in [0.4, 0.5) is 0 Å². The molecule has 15 heavy (non-hydrogen) atoms. The lowest BCUT2D eigenvalue weighted by Crippen LogP contribution is -2.07. The van der Waals surface area contributed by atoms with Crippen LogP contribution in [0.15, 0.2) is 12.2 Å². The molecule has 0 aliphatic carbocycles. The Labute approximate surface area is 95.6 Å². The molecular formula is C14H28O. The second kappa shape index (κ2) is 10.2. The van der Waals surface area contributed by atoms with Gasteiger partial charge in [0.2, 0.25) is 0 Å². The molecule has 0 radical (unpaired) electrons. The van der Waals surface area contributed by atoms with E-state index in [2.05, 4.69) is 20.4 Å². The number of rotatable bonds is 10. The van der Waals surface area contributed by atoms with Gasteiger partial charge in [0.05, 0.1) is 6.10 Å². The van der Waals surface area contributed by atoms with Crippen LogP contribution in [0.2, 0.25) is 0 Å². The Morgan fingerprint density at radius 1 is 1.07 bits per heavy atom. The van der Waals surface area contributed by atoms with Gasteiger partial charge < -0.3 is 5.11 Å². The zero-order chi connectivity index (χ0) is 11.5. The molecule has 0 aromatic heterocycles. The van der Waals surface area contributed by atoms with Gasteiger partial charge in [-0.15, -0.1) is 0 Å². The van der Waals surface area contributed by atoms with Crippen molar-refractivity contribution in [2.24, 2.45) is 0 Å². The van der Waals surface area contributed by atoms with E-state index in [1.807, 2.05) is 0 Å². The average molecular weight is 212 g/mol. The van der Waals surface area contributed by atoms with Gasteiger partial charge in [-0.2, -0.15) is 0 Å². The first kappa shape index (κ1) is 14.7. The molecule has 0 saturated heterocycles. The largest absolute Gasteiger partial charge is 0.393 e. The summed E-state index contributed by atoms with van der Waals surface area (Å²) in [7, 11) is 0. The summed E-state index contributed by atoms with van der Waals surface area (Å²) in [5.41, 5.74) is 1.23. The number of aliphatic hydroxyl groups excluding tert-OH is 1. The number of hydrogen-bond donors (Lipinski definition) is 1. The molecule has 1 heteroatoms. The summed E-state index contributed by atoms with van der Waals surface area (Å²) >= 11 is 0. The van der Waals surface area contributed by atoms with Crippen LogP contribution in [0, 0.1) is 0 Å². The third kappa shape index (κ3) is 9.99. The van der Waals surface area contributed by atoms with Crippen LogP contribution < -0.4 is 0 Å². The molecule has 90 valence electrons. The quantitative estimate of drug-likeness (QED) is 0.419. The van der Waals surface area contributed by atoms with Crippen molar-refractivity contribution in [3.8, 4) is 0 Å². The molecule has 0 heterocycles. The minimum Gasteiger partial charge on any atom is -0.393 e. The van der Waals surface area contributed by atoms with E-state index in [1.165, 1.54) is 37.7 Å². The topological polar surface area (TPSA) is 20.2 Å². The van der Waals surface area contributed by atoms with E-state index in [9.17, 15) is 5.11 Å². The smallest absolute Gasteiger partial charge is 0.0577 e. The summed E-state index contributed by atoms with van der Waals surface area (Å²) in [6, 6.07) is 0. The molecule has 0 aliphatic heterocycles. The van der Waals surface area contributed by atoms with Gasteiger partial charge in [-0.05, 0) is 25.7 Å². The van der Waals surface area contributed by atoms with Crippen molar-refractivity contribution < 1.29 is 5.11 Å². The van der Waals surface area contributed by atoms with E-state index in [0.29, 0.717) is 0 Å². The van der Waals surface area contributed by atoms with Crippen molar-refractivity contribution in [3.63, 3.8) is 0 Å². The van der Waals surface area contributed by atoms with Crippen molar-refractivity contribution >= 4 is 0 Å². The summed E-state index contributed by atoms with van der Waals surface area (Å²) in [4.78, 5) is 0. The fourth-order valence-electron chi connectivity index (χ4n) is 1.79. The Hall–Kier alpha value is -0.300. The Kier molecular flexibility index (Phi) is 10.0. The third-order valence-electron chi connectivity index (χ3n) is 2.80. The first-order chi connectivity index (χ1) is 7.20. The predicted molar refractivity (Wildman–Crippen MR) is 68.0 cm³/mol. The summed E-state index contributed by atoms with van der Waals surface area (Å²) in [5.74, 6) is 0. The Balaban J connectivity index is 3.40. The van der Waals surface area contributed by atoms with E-state index in [4.69, 9.17) is 0 Å². The molecule has 0 aromatic carbocycles. The predicted octanol–water partition coefficient (Wildman–Crippen LogP) is 4.45. The lowest BCUT2D eigenvalue weighted by Gasteiger charge is -2.12. The van der Waals surface area contributed by atoms with Gasteiger partial charge in [0, 0.05) is 0 Å². The summed E-state index contributed by atoms with van der Waals surface area (Å²) in [6.07, 6.45) is 10.1. The van der Waals surface area contributed by atoms with Crippen molar-refractivity contribution in [3.05, 3.63) is 12.2 Å². The molecule has 0 spiro atoms. The molecule has 0 saturated carbocycles. The van der Waals surface area contributed by atoms with Gasteiger partial charge in [0.25, 0.3) is 0 Å². The highest BCUT2D eigenvalue weighted by Crippen LogP contribution is 2.15. The standard InChI is InChI=1S/C14H28O/c1-4-6-8-10-13(3)12-14(15)11-9-7-5-2/h14-15H,3-12H2,1-2H3/t14-/m0/s1. The van der Waals surface area contributed by atoms with E-state index in [1.54, 1.807) is 0 Å². The Bertz CT molecular complexity index is 151. The molecular weight excluding hydrogens is 184 g/mol. The first-order valence-corrected chi connectivity index (χ1v) is 6.55. The van der Waals surface area contributed by atoms with E-state index >= 15 is 0 Å². The summed E-state index contributed by atoms with van der Waals surface area (Å²) < 4.78 is 0. The van der Waals surface area contributed by atoms with Gasteiger partial charge in [0.1, 0.15) is 0 Å². The van der Waals surface area contributed by atoms with Gasteiger partial charge in [-0.3, -0.25) is 0 Å². The van der Waals surface area contributed by atoms with Crippen molar-refractivity contribution in [1.29, 1.82) is 0 Å². The van der Waals surface area contributed by atoms with E-state index in [-0.39, 0.29) is 6.10 Å². The van der Waals surface area contributed by atoms with Crippen LogP contribution in [0.3, 0.4) is 0 Å². The van der Waals surface area contributed by atoms with Crippen molar-refractivity contribution in [2.45, 2.75) is 77.7 Å². The number of aliphatic hydroxyl groups is 1. The molecule has 0 rings (SSSR count).